The van der Waals surface area contributed by atoms with Crippen LogP contribution in [0.3, 0.4) is 0 Å². The summed E-state index contributed by atoms with van der Waals surface area (Å²) in [6.45, 7) is 8.22. The van der Waals surface area contributed by atoms with E-state index in [1.165, 1.54) is 4.31 Å². The summed E-state index contributed by atoms with van der Waals surface area (Å²) in [7, 11) is -4.11. The van der Waals surface area contributed by atoms with Crippen LogP contribution in [-0.2, 0) is 19.3 Å². The summed E-state index contributed by atoms with van der Waals surface area (Å²) in [5.74, 6) is 0. The lowest BCUT2D eigenvalue weighted by atomic mass is 9.79. The van der Waals surface area contributed by atoms with Crippen molar-refractivity contribution >= 4 is 22.6 Å². The lowest BCUT2D eigenvalue weighted by Gasteiger charge is -2.32. The number of rotatable bonds is 4. The van der Waals surface area contributed by atoms with Gasteiger partial charge in [0.2, 0.25) is 10.0 Å². The van der Waals surface area contributed by atoms with E-state index >= 15 is 0 Å². The van der Waals surface area contributed by atoms with Crippen molar-refractivity contribution in [3.05, 3.63) is 24.3 Å². The smallest absolute Gasteiger partial charge is 0.399 e. The van der Waals surface area contributed by atoms with Gasteiger partial charge in [0.1, 0.15) is 0 Å². The van der Waals surface area contributed by atoms with Gasteiger partial charge in [-0.1, -0.05) is 12.1 Å². The van der Waals surface area contributed by atoms with Crippen molar-refractivity contribution in [1.29, 1.82) is 0 Å². The first-order chi connectivity index (χ1) is 11.6. The van der Waals surface area contributed by atoms with Gasteiger partial charge < -0.3 is 14.4 Å². The average molecular weight is 367 g/mol. The molecule has 2 saturated heterocycles. The zero-order valence-electron chi connectivity index (χ0n) is 15.2. The molecule has 6 nitrogen and oxygen atoms in total. The summed E-state index contributed by atoms with van der Waals surface area (Å²) in [6, 6.07) is 6.32. The van der Waals surface area contributed by atoms with Crippen molar-refractivity contribution in [1.82, 2.24) is 4.31 Å². The molecule has 25 heavy (non-hydrogen) atoms. The largest absolute Gasteiger partial charge is 0.494 e. The van der Waals surface area contributed by atoms with E-state index in [0.29, 0.717) is 13.0 Å². The van der Waals surface area contributed by atoms with E-state index in [0.717, 1.165) is 11.9 Å². The van der Waals surface area contributed by atoms with Crippen molar-refractivity contribution in [2.24, 2.45) is 0 Å². The lowest BCUT2D eigenvalue weighted by molar-refractivity contribution is 0.00578. The molecule has 2 aliphatic rings. The maximum Gasteiger partial charge on any atom is 0.494 e. The summed E-state index contributed by atoms with van der Waals surface area (Å²) in [5, 5.41) is 9.39. The predicted molar refractivity (Wildman–Crippen MR) is 96.2 cm³/mol. The second-order valence-corrected chi connectivity index (χ2v) is 9.64. The van der Waals surface area contributed by atoms with Crippen LogP contribution in [0.25, 0.3) is 0 Å². The van der Waals surface area contributed by atoms with Crippen LogP contribution >= 0.6 is 0 Å². The Labute approximate surface area is 150 Å². The van der Waals surface area contributed by atoms with Crippen LogP contribution in [0.4, 0.5) is 0 Å². The number of benzene rings is 1. The minimum absolute atomic E-state index is 0.148. The highest BCUT2D eigenvalue weighted by atomic mass is 32.2. The van der Waals surface area contributed by atoms with Gasteiger partial charge in [0.05, 0.1) is 22.7 Å². The third-order valence-electron chi connectivity index (χ3n) is 5.55. The number of hydrogen-bond acceptors (Lipinski definition) is 5. The molecule has 0 aromatic heterocycles. The SMILES string of the molecule is CC1(C)OB(c2ccc(S(=O)(=O)N3CCC[C@@H]3CO)cc2)OC1(C)C. The highest BCUT2D eigenvalue weighted by Gasteiger charge is 2.51. The van der Waals surface area contributed by atoms with E-state index in [4.69, 9.17) is 9.31 Å². The Morgan fingerprint density at radius 1 is 1.16 bits per heavy atom. The Bertz CT molecular complexity index is 716. The molecule has 2 fully saturated rings. The Morgan fingerprint density at radius 3 is 2.24 bits per heavy atom. The van der Waals surface area contributed by atoms with E-state index in [-0.39, 0.29) is 17.5 Å². The predicted octanol–water partition coefficient (Wildman–Crippen LogP) is 1.13. The van der Waals surface area contributed by atoms with Gasteiger partial charge in [-0.15, -0.1) is 0 Å². The molecule has 2 aliphatic heterocycles. The van der Waals surface area contributed by atoms with Crippen molar-refractivity contribution in [3.63, 3.8) is 0 Å². The molecule has 1 aromatic rings. The van der Waals surface area contributed by atoms with E-state index in [1.54, 1.807) is 24.3 Å². The normalized spacial score (nSPS) is 26.3. The topological polar surface area (TPSA) is 76.1 Å². The first-order valence-electron chi connectivity index (χ1n) is 8.67. The van der Waals surface area contributed by atoms with Gasteiger partial charge >= 0.3 is 7.12 Å². The monoisotopic (exact) mass is 367 g/mol. The molecule has 0 bridgehead atoms. The van der Waals surface area contributed by atoms with Crippen molar-refractivity contribution < 1.29 is 22.8 Å². The van der Waals surface area contributed by atoms with Crippen LogP contribution in [0.2, 0.25) is 0 Å². The summed E-state index contributed by atoms with van der Waals surface area (Å²) < 4.78 is 39.0. The molecular weight excluding hydrogens is 341 g/mol. The first-order valence-corrected chi connectivity index (χ1v) is 10.1. The van der Waals surface area contributed by atoms with Gasteiger partial charge in [-0.3, -0.25) is 0 Å². The Hall–Kier alpha value is -0.925. The fraction of sp³-hybridized carbons (Fsp3) is 0.647. The molecular formula is C17H26BNO5S. The van der Waals surface area contributed by atoms with Crippen LogP contribution in [0.5, 0.6) is 0 Å². The van der Waals surface area contributed by atoms with Crippen LogP contribution in [0.1, 0.15) is 40.5 Å². The quantitative estimate of drug-likeness (QED) is 0.808. The molecule has 0 aliphatic carbocycles. The number of hydrogen-bond donors (Lipinski definition) is 1. The van der Waals surface area contributed by atoms with Gasteiger partial charge in [0.15, 0.2) is 0 Å². The zero-order valence-corrected chi connectivity index (χ0v) is 16.0. The number of sulfonamides is 1. The van der Waals surface area contributed by atoms with E-state index in [2.05, 4.69) is 0 Å². The van der Waals surface area contributed by atoms with Crippen LogP contribution < -0.4 is 5.46 Å². The molecule has 0 amide bonds. The van der Waals surface area contributed by atoms with E-state index in [9.17, 15) is 13.5 Å². The van der Waals surface area contributed by atoms with Crippen molar-refractivity contribution in [3.8, 4) is 0 Å². The molecule has 0 radical (unpaired) electrons. The van der Waals surface area contributed by atoms with Gasteiger partial charge in [0.25, 0.3) is 0 Å². The molecule has 138 valence electrons. The fourth-order valence-electron chi connectivity index (χ4n) is 3.22. The van der Waals surface area contributed by atoms with E-state index in [1.807, 2.05) is 27.7 Å². The summed E-state index contributed by atoms with van der Waals surface area (Å²) in [5.41, 5.74) is -0.0868. The van der Waals surface area contributed by atoms with Crippen LogP contribution in [0, 0.1) is 0 Å². The van der Waals surface area contributed by atoms with Crippen molar-refractivity contribution in [2.75, 3.05) is 13.2 Å². The third kappa shape index (κ3) is 3.26. The van der Waals surface area contributed by atoms with Gasteiger partial charge in [-0.2, -0.15) is 4.31 Å². The molecule has 3 rings (SSSR count). The standard InChI is InChI=1S/C17H26BNO5S/c1-16(2)17(3,4)24-18(23-16)13-7-9-15(10-8-13)25(21,22)19-11-5-6-14(19)12-20/h7-10,14,20H,5-6,11-12H2,1-4H3/t14-/m1/s1. The van der Waals surface area contributed by atoms with Crippen LogP contribution in [0.15, 0.2) is 29.2 Å². The zero-order chi connectivity index (χ0) is 18.5. The average Bonchev–Trinajstić information content (AvgIpc) is 3.10. The number of aliphatic hydroxyl groups excluding tert-OH is 1. The highest BCUT2D eigenvalue weighted by molar-refractivity contribution is 7.89. The molecule has 1 N–H and O–H groups in total. The molecule has 1 atom stereocenters. The third-order valence-corrected chi connectivity index (χ3v) is 7.51. The lowest BCUT2D eigenvalue weighted by Crippen LogP contribution is -2.41. The van der Waals surface area contributed by atoms with Crippen molar-refractivity contribution in [2.45, 2.75) is 62.7 Å². The van der Waals surface area contributed by atoms with Crippen LogP contribution in [-0.4, -0.2) is 55.3 Å². The maximum atomic E-state index is 12.8. The second-order valence-electron chi connectivity index (χ2n) is 7.75. The minimum atomic E-state index is -3.59. The highest BCUT2D eigenvalue weighted by Crippen LogP contribution is 2.36. The first kappa shape index (κ1) is 18.9. The molecule has 8 heteroatoms. The summed E-state index contributed by atoms with van der Waals surface area (Å²) >= 11 is 0. The number of aliphatic hydroxyl groups is 1. The molecule has 0 unspecified atom stereocenters. The van der Waals surface area contributed by atoms with Gasteiger partial charge in [-0.25, -0.2) is 8.42 Å². The second kappa shape index (κ2) is 6.35. The Kier molecular flexibility index (Phi) is 4.79. The van der Waals surface area contributed by atoms with E-state index < -0.39 is 28.3 Å². The molecule has 0 spiro atoms. The molecule has 1 aromatic carbocycles. The Morgan fingerprint density at radius 2 is 1.72 bits per heavy atom. The fourth-order valence-corrected chi connectivity index (χ4v) is 4.90. The summed E-state index contributed by atoms with van der Waals surface area (Å²) in [4.78, 5) is 0.230. The molecule has 0 saturated carbocycles. The van der Waals surface area contributed by atoms with Gasteiger partial charge in [-0.05, 0) is 58.1 Å². The number of nitrogens with zero attached hydrogens (tertiary/aromatic N) is 1. The summed E-state index contributed by atoms with van der Waals surface area (Å²) in [6.07, 6.45) is 1.47. The maximum absolute atomic E-state index is 12.8. The Balaban J connectivity index is 1.81. The van der Waals surface area contributed by atoms with Gasteiger partial charge in [0, 0.05) is 12.6 Å². The minimum Gasteiger partial charge on any atom is -0.399 e. The molecule has 2 heterocycles.